The highest BCUT2D eigenvalue weighted by Crippen LogP contribution is 2.12. The summed E-state index contributed by atoms with van der Waals surface area (Å²) in [7, 11) is 0. The minimum atomic E-state index is 0.252. The van der Waals surface area contributed by atoms with Gasteiger partial charge >= 0.3 is 0 Å². The van der Waals surface area contributed by atoms with Gasteiger partial charge in [-0.05, 0) is 20.3 Å². The first-order valence-electron chi connectivity index (χ1n) is 14.3. The Morgan fingerprint density at radius 3 is 1.00 bits per heavy atom. The number of unbranched alkanes of at least 4 members (excludes halogenated alkanes) is 12. The summed E-state index contributed by atoms with van der Waals surface area (Å²) in [4.78, 5) is 0. The molecule has 0 saturated carbocycles. The van der Waals surface area contributed by atoms with Crippen molar-refractivity contribution in [2.45, 2.75) is 110 Å². The molecule has 0 amide bonds. The Morgan fingerprint density at radius 1 is 0.353 bits per heavy atom. The molecule has 0 aromatic heterocycles. The summed E-state index contributed by atoms with van der Waals surface area (Å²) in [5.74, 6) is 0. The van der Waals surface area contributed by atoms with Crippen molar-refractivity contribution in [3.05, 3.63) is 0 Å². The Morgan fingerprint density at radius 2 is 0.647 bits per heavy atom. The Kier molecular flexibility index (Phi) is 30.6. The van der Waals surface area contributed by atoms with E-state index in [1.165, 1.54) is 77.0 Å². The van der Waals surface area contributed by atoms with E-state index in [0.717, 1.165) is 13.0 Å². The maximum atomic E-state index is 5.65. The van der Waals surface area contributed by atoms with Crippen LogP contribution in [0.15, 0.2) is 0 Å². The number of ether oxygens (including phenoxy) is 6. The van der Waals surface area contributed by atoms with Crippen molar-refractivity contribution in [2.24, 2.45) is 0 Å². The van der Waals surface area contributed by atoms with Crippen LogP contribution >= 0.6 is 0 Å². The van der Waals surface area contributed by atoms with Crippen molar-refractivity contribution in [1.82, 2.24) is 0 Å². The molecule has 206 valence electrons. The third-order valence-electron chi connectivity index (χ3n) is 5.56. The smallest absolute Gasteiger partial charge is 0.0703 e. The molecule has 0 saturated heterocycles. The first kappa shape index (κ1) is 33.8. The second-order valence-electron chi connectivity index (χ2n) is 9.22. The quantitative estimate of drug-likeness (QED) is 0.106. The molecule has 0 aromatic rings. The van der Waals surface area contributed by atoms with E-state index in [1.54, 1.807) is 0 Å². The van der Waals surface area contributed by atoms with Gasteiger partial charge in [0.05, 0.1) is 72.2 Å². The molecule has 0 unspecified atom stereocenters. The predicted molar refractivity (Wildman–Crippen MR) is 141 cm³/mol. The number of hydrogen-bond donors (Lipinski definition) is 0. The molecule has 0 aliphatic carbocycles. The lowest BCUT2D eigenvalue weighted by atomic mass is 10.0. The summed E-state index contributed by atoms with van der Waals surface area (Å²) in [6.45, 7) is 13.2. The zero-order chi connectivity index (χ0) is 24.8. The Labute approximate surface area is 211 Å². The second-order valence-corrected chi connectivity index (χ2v) is 9.22. The van der Waals surface area contributed by atoms with E-state index in [9.17, 15) is 0 Å². The molecule has 34 heavy (non-hydrogen) atoms. The van der Waals surface area contributed by atoms with Crippen molar-refractivity contribution in [3.8, 4) is 0 Å². The fraction of sp³-hybridized carbons (Fsp3) is 1.00. The molecule has 0 N–H and O–H groups in total. The van der Waals surface area contributed by atoms with Gasteiger partial charge in [-0.3, -0.25) is 0 Å². The normalized spacial score (nSPS) is 11.6. The van der Waals surface area contributed by atoms with Gasteiger partial charge in [0, 0.05) is 6.61 Å². The minimum Gasteiger partial charge on any atom is -0.379 e. The van der Waals surface area contributed by atoms with Crippen molar-refractivity contribution >= 4 is 0 Å². The molecule has 0 radical (unpaired) electrons. The lowest BCUT2D eigenvalue weighted by Gasteiger charge is -2.09. The molecular weight excluding hydrogens is 432 g/mol. The van der Waals surface area contributed by atoms with Gasteiger partial charge in [0.1, 0.15) is 0 Å². The van der Waals surface area contributed by atoms with Crippen LogP contribution in [0.4, 0.5) is 0 Å². The van der Waals surface area contributed by atoms with Gasteiger partial charge < -0.3 is 28.4 Å². The summed E-state index contributed by atoms with van der Waals surface area (Å²) in [5.41, 5.74) is 0. The van der Waals surface area contributed by atoms with Crippen LogP contribution in [0.3, 0.4) is 0 Å². The summed E-state index contributed by atoms with van der Waals surface area (Å²) >= 11 is 0. The fourth-order valence-electron chi connectivity index (χ4n) is 3.55. The molecule has 0 heterocycles. The molecule has 0 aromatic carbocycles. The maximum Gasteiger partial charge on any atom is 0.0703 e. The lowest BCUT2D eigenvalue weighted by molar-refractivity contribution is -0.0213. The molecule has 0 rings (SSSR count). The van der Waals surface area contributed by atoms with Gasteiger partial charge in [0.15, 0.2) is 0 Å². The Hall–Kier alpha value is -0.240. The lowest BCUT2D eigenvalue weighted by Crippen LogP contribution is -2.14. The molecule has 6 heteroatoms. The zero-order valence-corrected chi connectivity index (χ0v) is 23.0. The minimum absolute atomic E-state index is 0.252. The number of rotatable bonds is 30. The van der Waals surface area contributed by atoms with E-state index in [1.807, 2.05) is 13.8 Å². The van der Waals surface area contributed by atoms with E-state index < -0.39 is 0 Å². The van der Waals surface area contributed by atoms with Crippen LogP contribution < -0.4 is 0 Å². The standard InChI is InChI=1S/C28H58O6/c1-4-5-6-7-8-9-10-11-12-13-14-15-16-17-29-18-19-30-20-21-31-22-23-32-24-25-33-26-27-34-28(2)3/h28H,4-27H2,1-3H3. The molecule has 0 aliphatic heterocycles. The third-order valence-corrected chi connectivity index (χ3v) is 5.56. The molecule has 0 spiro atoms. The van der Waals surface area contributed by atoms with Gasteiger partial charge in [-0.15, -0.1) is 0 Å². The van der Waals surface area contributed by atoms with Crippen LogP contribution in [0.2, 0.25) is 0 Å². The Bertz CT molecular complexity index is 354. The maximum absolute atomic E-state index is 5.65. The second kappa shape index (κ2) is 30.8. The van der Waals surface area contributed by atoms with Crippen LogP contribution in [-0.4, -0.2) is 78.8 Å². The Balaban J connectivity index is 3.00. The molecular formula is C28H58O6. The van der Waals surface area contributed by atoms with E-state index in [4.69, 9.17) is 28.4 Å². The van der Waals surface area contributed by atoms with Crippen molar-refractivity contribution < 1.29 is 28.4 Å². The molecule has 0 aliphatic rings. The largest absolute Gasteiger partial charge is 0.379 e. The third kappa shape index (κ3) is 31.8. The van der Waals surface area contributed by atoms with Gasteiger partial charge in [0.2, 0.25) is 0 Å². The van der Waals surface area contributed by atoms with Gasteiger partial charge in [-0.25, -0.2) is 0 Å². The molecule has 0 fully saturated rings. The highest BCUT2D eigenvalue weighted by atomic mass is 16.6. The van der Waals surface area contributed by atoms with E-state index in [-0.39, 0.29) is 6.10 Å². The van der Waals surface area contributed by atoms with E-state index in [0.29, 0.717) is 66.1 Å². The number of hydrogen-bond acceptors (Lipinski definition) is 6. The predicted octanol–water partition coefficient (Wildman–Crippen LogP) is 6.59. The van der Waals surface area contributed by atoms with Crippen molar-refractivity contribution in [1.29, 1.82) is 0 Å². The van der Waals surface area contributed by atoms with Crippen LogP contribution in [-0.2, 0) is 28.4 Å². The van der Waals surface area contributed by atoms with Crippen LogP contribution in [0, 0.1) is 0 Å². The molecule has 6 nitrogen and oxygen atoms in total. The first-order valence-corrected chi connectivity index (χ1v) is 14.3. The monoisotopic (exact) mass is 490 g/mol. The summed E-state index contributed by atoms with van der Waals surface area (Å²) in [6, 6.07) is 0. The average molecular weight is 491 g/mol. The fourth-order valence-corrected chi connectivity index (χ4v) is 3.55. The van der Waals surface area contributed by atoms with Crippen LogP contribution in [0.25, 0.3) is 0 Å². The average Bonchev–Trinajstić information content (AvgIpc) is 2.83. The highest BCUT2D eigenvalue weighted by Gasteiger charge is 1.96. The summed E-state index contributed by atoms with van der Waals surface area (Å²) < 4.78 is 32.9. The van der Waals surface area contributed by atoms with E-state index in [2.05, 4.69) is 6.92 Å². The van der Waals surface area contributed by atoms with Crippen molar-refractivity contribution in [3.63, 3.8) is 0 Å². The van der Waals surface area contributed by atoms with E-state index >= 15 is 0 Å². The first-order chi connectivity index (χ1) is 16.8. The highest BCUT2D eigenvalue weighted by molar-refractivity contribution is 4.49. The van der Waals surface area contributed by atoms with Gasteiger partial charge in [-0.2, -0.15) is 0 Å². The topological polar surface area (TPSA) is 55.4 Å². The summed E-state index contributed by atoms with van der Waals surface area (Å²) in [5, 5.41) is 0. The van der Waals surface area contributed by atoms with Crippen LogP contribution in [0.1, 0.15) is 104 Å². The molecule has 0 atom stereocenters. The molecule has 0 bridgehead atoms. The SMILES string of the molecule is CCCCCCCCCCCCCCCOCCOCCOCCOCCOCCOC(C)C. The van der Waals surface area contributed by atoms with Gasteiger partial charge in [-0.1, -0.05) is 84.0 Å². The summed E-state index contributed by atoms with van der Waals surface area (Å²) in [6.07, 6.45) is 18.2. The van der Waals surface area contributed by atoms with Crippen LogP contribution in [0.5, 0.6) is 0 Å². The zero-order valence-electron chi connectivity index (χ0n) is 23.0. The van der Waals surface area contributed by atoms with Gasteiger partial charge in [0.25, 0.3) is 0 Å². The van der Waals surface area contributed by atoms with Crippen molar-refractivity contribution in [2.75, 3.05) is 72.7 Å².